The molecule has 1 unspecified atom stereocenters. The van der Waals surface area contributed by atoms with Crippen LogP contribution in [0.4, 0.5) is 5.69 Å². The van der Waals surface area contributed by atoms with Crippen molar-refractivity contribution in [3.05, 3.63) is 18.2 Å². The largest absolute Gasteiger partial charge is 0.497 e. The van der Waals surface area contributed by atoms with Crippen molar-refractivity contribution in [3.63, 3.8) is 0 Å². The molecule has 1 aliphatic rings. The predicted octanol–water partition coefficient (Wildman–Crippen LogP) is 2.41. The standard InChI is InChI=1S/C15H24N2O2/c1-15(2)10-11(16)7-8-17(15)13-9-12(18-3)5-6-14(13)19-4/h5-6,9,11H,7-8,10,16H2,1-4H3. The van der Waals surface area contributed by atoms with Crippen LogP contribution >= 0.6 is 0 Å². The van der Waals surface area contributed by atoms with E-state index in [4.69, 9.17) is 15.2 Å². The minimum atomic E-state index is 0.0251. The van der Waals surface area contributed by atoms with Gasteiger partial charge in [-0.05, 0) is 38.8 Å². The number of nitrogens with two attached hydrogens (primary N) is 1. The smallest absolute Gasteiger partial charge is 0.142 e. The summed E-state index contributed by atoms with van der Waals surface area (Å²) in [6.45, 7) is 5.40. The van der Waals surface area contributed by atoms with Crippen LogP contribution in [-0.2, 0) is 0 Å². The first kappa shape index (κ1) is 14.0. The van der Waals surface area contributed by atoms with Gasteiger partial charge in [0.2, 0.25) is 0 Å². The van der Waals surface area contributed by atoms with Crippen LogP contribution in [0.1, 0.15) is 26.7 Å². The first-order valence-corrected chi connectivity index (χ1v) is 6.73. The Bertz CT molecular complexity index is 446. The Labute approximate surface area is 115 Å². The Balaban J connectivity index is 2.39. The first-order valence-electron chi connectivity index (χ1n) is 6.73. The van der Waals surface area contributed by atoms with Gasteiger partial charge in [-0.3, -0.25) is 0 Å². The Morgan fingerprint density at radius 3 is 2.58 bits per heavy atom. The highest BCUT2D eigenvalue weighted by Crippen LogP contribution is 2.39. The fraction of sp³-hybridized carbons (Fsp3) is 0.600. The molecule has 0 amide bonds. The lowest BCUT2D eigenvalue weighted by Crippen LogP contribution is -2.53. The van der Waals surface area contributed by atoms with Crippen molar-refractivity contribution in [2.45, 2.75) is 38.3 Å². The minimum absolute atomic E-state index is 0.0251. The molecule has 19 heavy (non-hydrogen) atoms. The second kappa shape index (κ2) is 5.29. The molecule has 1 heterocycles. The van der Waals surface area contributed by atoms with Gasteiger partial charge in [-0.2, -0.15) is 0 Å². The number of piperidine rings is 1. The van der Waals surface area contributed by atoms with Crippen LogP contribution in [0, 0.1) is 0 Å². The van der Waals surface area contributed by atoms with Crippen molar-refractivity contribution < 1.29 is 9.47 Å². The lowest BCUT2D eigenvalue weighted by molar-refractivity contribution is 0.321. The van der Waals surface area contributed by atoms with Crippen LogP contribution in [0.2, 0.25) is 0 Å². The number of hydrogen-bond donors (Lipinski definition) is 1. The van der Waals surface area contributed by atoms with Gasteiger partial charge in [0, 0.05) is 24.2 Å². The average molecular weight is 264 g/mol. The molecule has 0 aromatic heterocycles. The van der Waals surface area contributed by atoms with Crippen LogP contribution in [0.3, 0.4) is 0 Å². The first-order chi connectivity index (χ1) is 8.97. The summed E-state index contributed by atoms with van der Waals surface area (Å²) >= 11 is 0. The predicted molar refractivity (Wildman–Crippen MR) is 78.2 cm³/mol. The van der Waals surface area contributed by atoms with Crippen molar-refractivity contribution in [1.82, 2.24) is 0 Å². The fourth-order valence-corrected chi connectivity index (χ4v) is 2.91. The molecule has 1 aliphatic heterocycles. The highest BCUT2D eigenvalue weighted by molar-refractivity contribution is 5.63. The molecule has 2 rings (SSSR count). The summed E-state index contributed by atoms with van der Waals surface area (Å²) < 4.78 is 10.8. The maximum absolute atomic E-state index is 6.09. The number of anilines is 1. The second-order valence-electron chi connectivity index (χ2n) is 5.75. The van der Waals surface area contributed by atoms with Crippen LogP contribution in [0.25, 0.3) is 0 Å². The number of methoxy groups -OCH3 is 2. The van der Waals surface area contributed by atoms with E-state index in [-0.39, 0.29) is 11.6 Å². The Morgan fingerprint density at radius 2 is 2.00 bits per heavy atom. The quantitative estimate of drug-likeness (QED) is 0.910. The summed E-state index contributed by atoms with van der Waals surface area (Å²) in [5.74, 6) is 1.73. The Kier molecular flexibility index (Phi) is 3.90. The molecular weight excluding hydrogens is 240 g/mol. The number of nitrogens with zero attached hydrogens (tertiary/aromatic N) is 1. The van der Waals surface area contributed by atoms with Crippen LogP contribution < -0.4 is 20.1 Å². The third-order valence-corrected chi connectivity index (χ3v) is 3.89. The highest BCUT2D eigenvalue weighted by atomic mass is 16.5. The zero-order valence-corrected chi connectivity index (χ0v) is 12.3. The molecule has 0 saturated carbocycles. The number of hydrogen-bond acceptors (Lipinski definition) is 4. The van der Waals surface area contributed by atoms with Crippen LogP contribution in [-0.4, -0.2) is 32.3 Å². The van der Waals surface area contributed by atoms with E-state index in [1.165, 1.54) is 0 Å². The molecule has 0 spiro atoms. The Hall–Kier alpha value is -1.42. The third-order valence-electron chi connectivity index (χ3n) is 3.89. The van der Waals surface area contributed by atoms with Crippen molar-refractivity contribution in [1.29, 1.82) is 0 Å². The van der Waals surface area contributed by atoms with Crippen LogP contribution in [0.5, 0.6) is 11.5 Å². The maximum atomic E-state index is 6.09. The lowest BCUT2D eigenvalue weighted by atomic mass is 9.87. The van der Waals surface area contributed by atoms with E-state index >= 15 is 0 Å². The van der Waals surface area contributed by atoms with E-state index < -0.39 is 0 Å². The lowest BCUT2D eigenvalue weighted by Gasteiger charge is -2.46. The summed E-state index contributed by atoms with van der Waals surface area (Å²) in [5, 5.41) is 0. The molecule has 1 aromatic carbocycles. The molecule has 4 heteroatoms. The normalized spacial score (nSPS) is 22.2. The third kappa shape index (κ3) is 2.78. The molecule has 1 aromatic rings. The van der Waals surface area contributed by atoms with Crippen LogP contribution in [0.15, 0.2) is 18.2 Å². The topological polar surface area (TPSA) is 47.7 Å². The van der Waals surface area contributed by atoms with Gasteiger partial charge in [0.25, 0.3) is 0 Å². The average Bonchev–Trinajstić information content (AvgIpc) is 2.37. The summed E-state index contributed by atoms with van der Waals surface area (Å²) in [6.07, 6.45) is 1.98. The molecular formula is C15H24N2O2. The van der Waals surface area contributed by atoms with E-state index in [9.17, 15) is 0 Å². The highest BCUT2D eigenvalue weighted by Gasteiger charge is 2.34. The molecule has 1 atom stereocenters. The van der Waals surface area contributed by atoms with Crippen molar-refractivity contribution >= 4 is 5.69 Å². The molecule has 0 radical (unpaired) electrons. The van der Waals surface area contributed by atoms with E-state index in [0.29, 0.717) is 0 Å². The monoisotopic (exact) mass is 264 g/mol. The number of ether oxygens (including phenoxy) is 2. The van der Waals surface area contributed by atoms with E-state index in [0.717, 1.165) is 36.6 Å². The zero-order valence-electron chi connectivity index (χ0n) is 12.3. The summed E-state index contributed by atoms with van der Waals surface area (Å²) in [7, 11) is 3.39. The molecule has 1 fully saturated rings. The molecule has 1 saturated heterocycles. The fourth-order valence-electron chi connectivity index (χ4n) is 2.91. The molecule has 2 N–H and O–H groups in total. The van der Waals surface area contributed by atoms with Gasteiger partial charge in [0.15, 0.2) is 0 Å². The van der Waals surface area contributed by atoms with E-state index in [1.54, 1.807) is 14.2 Å². The van der Waals surface area contributed by atoms with Crippen molar-refractivity contribution in [3.8, 4) is 11.5 Å². The molecule has 106 valence electrons. The van der Waals surface area contributed by atoms with Gasteiger partial charge < -0.3 is 20.1 Å². The SMILES string of the molecule is COc1ccc(OC)c(N2CCC(N)CC2(C)C)c1. The number of benzene rings is 1. The molecule has 4 nitrogen and oxygen atoms in total. The van der Waals surface area contributed by atoms with E-state index in [2.05, 4.69) is 18.7 Å². The van der Waals surface area contributed by atoms with Gasteiger partial charge in [-0.15, -0.1) is 0 Å². The van der Waals surface area contributed by atoms with Gasteiger partial charge in [-0.25, -0.2) is 0 Å². The Morgan fingerprint density at radius 1 is 1.26 bits per heavy atom. The van der Waals surface area contributed by atoms with E-state index in [1.807, 2.05) is 18.2 Å². The molecule has 0 bridgehead atoms. The minimum Gasteiger partial charge on any atom is -0.497 e. The summed E-state index contributed by atoms with van der Waals surface area (Å²) in [4.78, 5) is 2.37. The zero-order chi connectivity index (χ0) is 14.0. The maximum Gasteiger partial charge on any atom is 0.142 e. The van der Waals surface area contributed by atoms with Gasteiger partial charge in [-0.1, -0.05) is 0 Å². The van der Waals surface area contributed by atoms with Crippen molar-refractivity contribution in [2.24, 2.45) is 5.73 Å². The van der Waals surface area contributed by atoms with Crippen molar-refractivity contribution in [2.75, 3.05) is 25.7 Å². The number of rotatable bonds is 3. The summed E-state index contributed by atoms with van der Waals surface area (Å²) in [6, 6.07) is 6.20. The molecule has 0 aliphatic carbocycles. The van der Waals surface area contributed by atoms with Gasteiger partial charge in [0.05, 0.1) is 19.9 Å². The van der Waals surface area contributed by atoms with Gasteiger partial charge >= 0.3 is 0 Å². The summed E-state index contributed by atoms with van der Waals surface area (Å²) in [5.41, 5.74) is 7.20. The second-order valence-corrected chi connectivity index (χ2v) is 5.75. The van der Waals surface area contributed by atoms with Gasteiger partial charge in [0.1, 0.15) is 11.5 Å².